The largest absolute Gasteiger partial charge is 0.340 e. The first-order chi connectivity index (χ1) is 7.72. The monoisotopic (exact) mass is 225 g/mol. The quantitative estimate of drug-likeness (QED) is 0.747. The number of nitrogens with zero attached hydrogens (tertiary/aromatic N) is 2. The normalized spacial score (nSPS) is 29.0. The Balaban J connectivity index is 1.83. The molecule has 92 valence electrons. The Morgan fingerprint density at radius 1 is 1.38 bits per heavy atom. The molecule has 0 aromatic carbocycles. The van der Waals surface area contributed by atoms with E-state index < -0.39 is 0 Å². The van der Waals surface area contributed by atoms with Crippen LogP contribution in [0.3, 0.4) is 0 Å². The van der Waals surface area contributed by atoms with Gasteiger partial charge in [0, 0.05) is 19.1 Å². The molecule has 0 aliphatic carbocycles. The summed E-state index contributed by atoms with van der Waals surface area (Å²) in [5, 5.41) is 3.08. The van der Waals surface area contributed by atoms with Crippen LogP contribution in [0.15, 0.2) is 0 Å². The summed E-state index contributed by atoms with van der Waals surface area (Å²) in [6, 6.07) is 0.577. The second kappa shape index (κ2) is 5.15. The first-order valence-electron chi connectivity index (χ1n) is 6.42. The Morgan fingerprint density at radius 2 is 2.06 bits per heavy atom. The van der Waals surface area contributed by atoms with Crippen molar-refractivity contribution in [1.29, 1.82) is 0 Å². The van der Waals surface area contributed by atoms with Gasteiger partial charge in [-0.05, 0) is 46.3 Å². The van der Waals surface area contributed by atoms with Crippen LogP contribution in [0.5, 0.6) is 0 Å². The Labute approximate surface area is 98.0 Å². The molecular weight excluding hydrogens is 202 g/mol. The van der Waals surface area contributed by atoms with Crippen molar-refractivity contribution < 1.29 is 4.79 Å². The van der Waals surface area contributed by atoms with Crippen LogP contribution in [0.4, 0.5) is 0 Å². The van der Waals surface area contributed by atoms with E-state index in [9.17, 15) is 4.79 Å². The van der Waals surface area contributed by atoms with Crippen molar-refractivity contribution in [3.05, 3.63) is 0 Å². The molecular formula is C12H23N3O. The molecule has 0 saturated carbocycles. The van der Waals surface area contributed by atoms with Crippen molar-refractivity contribution >= 4 is 5.91 Å². The van der Waals surface area contributed by atoms with Crippen LogP contribution in [-0.4, -0.2) is 61.0 Å². The molecule has 1 amide bonds. The lowest BCUT2D eigenvalue weighted by molar-refractivity contribution is -0.129. The summed E-state index contributed by atoms with van der Waals surface area (Å²) in [6.07, 6.45) is 3.59. The summed E-state index contributed by atoms with van der Waals surface area (Å²) in [5.74, 6) is 0.286. The lowest BCUT2D eigenvalue weighted by Crippen LogP contribution is -2.44. The molecule has 0 aromatic heterocycles. The molecule has 2 saturated heterocycles. The number of rotatable bonds is 4. The maximum atomic E-state index is 11.9. The Kier molecular flexibility index (Phi) is 3.82. The van der Waals surface area contributed by atoms with Gasteiger partial charge in [0.25, 0.3) is 0 Å². The smallest absolute Gasteiger partial charge is 0.239 e. The first kappa shape index (κ1) is 11.9. The Bertz CT molecular complexity index is 251. The maximum absolute atomic E-state index is 11.9. The van der Waals surface area contributed by atoms with Gasteiger partial charge < -0.3 is 10.2 Å². The molecule has 0 aromatic rings. The van der Waals surface area contributed by atoms with E-state index in [1.807, 2.05) is 11.9 Å². The van der Waals surface area contributed by atoms with Gasteiger partial charge in [-0.25, -0.2) is 0 Å². The van der Waals surface area contributed by atoms with Crippen LogP contribution in [-0.2, 0) is 4.79 Å². The number of carbonyl (C=O) groups excluding carboxylic acids is 1. The number of nitrogens with one attached hydrogen (secondary N) is 1. The highest BCUT2D eigenvalue weighted by Gasteiger charge is 2.32. The molecule has 2 rings (SSSR count). The fraction of sp³-hybridized carbons (Fsp3) is 0.917. The standard InChI is InChI=1S/C12H23N3O/c1-10(14-6-3-4-7-14)9-15-8-5-11(13-2)12(15)16/h10-11,13H,3-9H2,1-2H3. The van der Waals surface area contributed by atoms with Crippen LogP contribution in [0.2, 0.25) is 0 Å². The van der Waals surface area contributed by atoms with Gasteiger partial charge in [-0.2, -0.15) is 0 Å². The minimum Gasteiger partial charge on any atom is -0.340 e. The SMILES string of the molecule is CNC1CCN(CC(C)N2CCCC2)C1=O. The van der Waals surface area contributed by atoms with E-state index in [0.29, 0.717) is 6.04 Å². The fourth-order valence-electron chi connectivity index (χ4n) is 2.80. The molecule has 1 N–H and O–H groups in total. The van der Waals surface area contributed by atoms with E-state index in [-0.39, 0.29) is 11.9 Å². The predicted molar refractivity (Wildman–Crippen MR) is 64.3 cm³/mol. The Morgan fingerprint density at radius 3 is 2.62 bits per heavy atom. The van der Waals surface area contributed by atoms with Crippen LogP contribution in [0.1, 0.15) is 26.2 Å². The van der Waals surface area contributed by atoms with Crippen molar-refractivity contribution in [2.75, 3.05) is 33.2 Å². The fourth-order valence-corrected chi connectivity index (χ4v) is 2.80. The molecule has 4 nitrogen and oxygen atoms in total. The highest BCUT2D eigenvalue weighted by Crippen LogP contribution is 2.16. The third kappa shape index (κ3) is 2.38. The van der Waals surface area contributed by atoms with E-state index in [2.05, 4.69) is 17.1 Å². The molecule has 2 fully saturated rings. The van der Waals surface area contributed by atoms with Crippen LogP contribution < -0.4 is 5.32 Å². The third-order valence-corrected chi connectivity index (χ3v) is 3.89. The molecule has 0 spiro atoms. The van der Waals surface area contributed by atoms with Crippen molar-refractivity contribution in [3.8, 4) is 0 Å². The van der Waals surface area contributed by atoms with Crippen LogP contribution in [0.25, 0.3) is 0 Å². The number of carbonyl (C=O) groups is 1. The first-order valence-corrected chi connectivity index (χ1v) is 6.42. The number of likely N-dealkylation sites (tertiary alicyclic amines) is 2. The van der Waals surface area contributed by atoms with Gasteiger partial charge in [0.05, 0.1) is 6.04 Å². The highest BCUT2D eigenvalue weighted by molar-refractivity contribution is 5.83. The van der Waals surface area contributed by atoms with Gasteiger partial charge >= 0.3 is 0 Å². The minimum atomic E-state index is 0.0609. The summed E-state index contributed by atoms with van der Waals surface area (Å²) < 4.78 is 0. The lowest BCUT2D eigenvalue weighted by Gasteiger charge is -2.28. The molecule has 0 bridgehead atoms. The molecule has 2 unspecified atom stereocenters. The molecule has 2 heterocycles. The summed E-state index contributed by atoms with van der Waals surface area (Å²) in [7, 11) is 1.87. The summed E-state index contributed by atoms with van der Waals surface area (Å²) in [4.78, 5) is 16.4. The zero-order valence-corrected chi connectivity index (χ0v) is 10.4. The molecule has 2 aliphatic heterocycles. The highest BCUT2D eigenvalue weighted by atomic mass is 16.2. The van der Waals surface area contributed by atoms with Crippen LogP contribution >= 0.6 is 0 Å². The van der Waals surface area contributed by atoms with Gasteiger partial charge in [0.15, 0.2) is 0 Å². The van der Waals surface area contributed by atoms with E-state index in [0.717, 1.165) is 19.5 Å². The van der Waals surface area contributed by atoms with E-state index >= 15 is 0 Å². The average Bonchev–Trinajstić information content (AvgIpc) is 2.89. The molecule has 4 heteroatoms. The predicted octanol–water partition coefficient (Wildman–Crippen LogP) is 0.291. The summed E-state index contributed by atoms with van der Waals surface area (Å²) in [5.41, 5.74) is 0. The summed E-state index contributed by atoms with van der Waals surface area (Å²) >= 11 is 0. The van der Waals surface area contributed by atoms with Gasteiger partial charge in [-0.3, -0.25) is 9.69 Å². The Hall–Kier alpha value is -0.610. The second-order valence-corrected chi connectivity index (χ2v) is 5.01. The van der Waals surface area contributed by atoms with Gasteiger partial charge in [0.1, 0.15) is 0 Å². The third-order valence-electron chi connectivity index (χ3n) is 3.89. The zero-order valence-electron chi connectivity index (χ0n) is 10.4. The van der Waals surface area contributed by atoms with Crippen molar-refractivity contribution in [1.82, 2.24) is 15.1 Å². The van der Waals surface area contributed by atoms with E-state index in [1.54, 1.807) is 0 Å². The second-order valence-electron chi connectivity index (χ2n) is 5.01. The average molecular weight is 225 g/mol. The number of hydrogen-bond acceptors (Lipinski definition) is 3. The lowest BCUT2D eigenvalue weighted by atomic mass is 10.2. The van der Waals surface area contributed by atoms with Crippen LogP contribution in [0, 0.1) is 0 Å². The molecule has 16 heavy (non-hydrogen) atoms. The number of hydrogen-bond donors (Lipinski definition) is 1. The number of likely N-dealkylation sites (N-methyl/N-ethyl adjacent to an activating group) is 1. The van der Waals surface area contributed by atoms with E-state index in [1.165, 1.54) is 25.9 Å². The van der Waals surface area contributed by atoms with Gasteiger partial charge in [-0.1, -0.05) is 0 Å². The van der Waals surface area contributed by atoms with Gasteiger partial charge in [0.2, 0.25) is 5.91 Å². The van der Waals surface area contributed by atoms with E-state index in [4.69, 9.17) is 0 Å². The topological polar surface area (TPSA) is 35.6 Å². The van der Waals surface area contributed by atoms with Crippen molar-refractivity contribution in [2.45, 2.75) is 38.3 Å². The van der Waals surface area contributed by atoms with Gasteiger partial charge in [-0.15, -0.1) is 0 Å². The summed E-state index contributed by atoms with van der Waals surface area (Å²) in [6.45, 7) is 6.47. The maximum Gasteiger partial charge on any atom is 0.239 e. The minimum absolute atomic E-state index is 0.0609. The van der Waals surface area contributed by atoms with Crippen molar-refractivity contribution in [2.24, 2.45) is 0 Å². The van der Waals surface area contributed by atoms with Crippen molar-refractivity contribution in [3.63, 3.8) is 0 Å². The molecule has 0 radical (unpaired) electrons. The number of amides is 1. The molecule has 2 atom stereocenters. The zero-order chi connectivity index (χ0) is 11.5. The molecule has 2 aliphatic rings.